The molecule has 0 bridgehead atoms. The number of hydrogen-bond donors (Lipinski definition) is 3. The first-order chi connectivity index (χ1) is 16.8. The number of aromatic nitrogens is 1. The molecular weight excluding hydrogens is 444 g/mol. The summed E-state index contributed by atoms with van der Waals surface area (Å²) in [5.41, 5.74) is 9.82. The van der Waals surface area contributed by atoms with Crippen LogP contribution in [0.3, 0.4) is 0 Å². The normalized spacial score (nSPS) is 18.8. The van der Waals surface area contributed by atoms with Crippen LogP contribution in [0.1, 0.15) is 44.2 Å². The summed E-state index contributed by atoms with van der Waals surface area (Å²) in [5.74, 6) is 0.242. The summed E-state index contributed by atoms with van der Waals surface area (Å²) < 4.78 is 6.00. The molecule has 184 valence electrons. The zero-order valence-electron chi connectivity index (χ0n) is 20.1. The van der Waals surface area contributed by atoms with Crippen LogP contribution < -0.4 is 16.0 Å². The van der Waals surface area contributed by atoms with Crippen molar-refractivity contribution in [2.45, 2.75) is 51.3 Å². The fourth-order valence-corrected chi connectivity index (χ4v) is 4.79. The van der Waals surface area contributed by atoms with Crippen molar-refractivity contribution in [3.05, 3.63) is 71.9 Å². The molecule has 2 heterocycles. The first kappa shape index (κ1) is 24.6. The number of amides is 2. The highest BCUT2D eigenvalue weighted by Gasteiger charge is 2.47. The van der Waals surface area contributed by atoms with Gasteiger partial charge in [0, 0.05) is 36.2 Å². The van der Waals surface area contributed by atoms with E-state index in [4.69, 9.17) is 15.7 Å². The number of carbonyl (C=O) groups excluding carboxylic acids is 2. The molecule has 35 heavy (non-hydrogen) atoms. The fraction of sp³-hybridized carbons (Fsp3) is 0.370. The molecule has 0 spiro atoms. The van der Waals surface area contributed by atoms with E-state index in [1.165, 1.54) is 0 Å². The minimum atomic E-state index is -1.16. The molecule has 0 aliphatic carbocycles. The Morgan fingerprint density at radius 2 is 1.94 bits per heavy atom. The lowest BCUT2D eigenvalue weighted by molar-refractivity contribution is -0.137. The van der Waals surface area contributed by atoms with Crippen molar-refractivity contribution in [3.63, 3.8) is 0 Å². The van der Waals surface area contributed by atoms with Gasteiger partial charge in [0.25, 0.3) is 0 Å². The maximum absolute atomic E-state index is 13.4. The van der Waals surface area contributed by atoms with Gasteiger partial charge in [-0.05, 0) is 48.6 Å². The number of ether oxygens (including phenoxy) is 1. The zero-order chi connectivity index (χ0) is 25.0. The van der Waals surface area contributed by atoms with Gasteiger partial charge in [-0.3, -0.25) is 19.8 Å². The number of nitrogens with zero attached hydrogens (tertiary/aromatic N) is 2. The van der Waals surface area contributed by atoms with Crippen molar-refractivity contribution in [1.29, 1.82) is 0 Å². The van der Waals surface area contributed by atoms with Crippen LogP contribution >= 0.6 is 0 Å². The smallest absolute Gasteiger partial charge is 0.247 e. The van der Waals surface area contributed by atoms with Crippen LogP contribution in [0.4, 0.5) is 0 Å². The lowest BCUT2D eigenvalue weighted by Gasteiger charge is -2.31. The molecule has 1 aromatic heterocycles. The maximum Gasteiger partial charge on any atom is 0.247 e. The van der Waals surface area contributed by atoms with E-state index in [1.807, 2.05) is 68.4 Å². The topological polar surface area (TPSA) is 118 Å². The molecule has 2 amide bonds. The lowest BCUT2D eigenvalue weighted by Crippen LogP contribution is -2.49. The summed E-state index contributed by atoms with van der Waals surface area (Å²) in [4.78, 5) is 31.3. The number of carbonyl (C=O) groups is 2. The van der Waals surface area contributed by atoms with Gasteiger partial charge in [-0.15, -0.1) is 0 Å². The van der Waals surface area contributed by atoms with Gasteiger partial charge in [-0.1, -0.05) is 44.2 Å². The Morgan fingerprint density at radius 3 is 2.66 bits per heavy atom. The molecule has 1 aliphatic rings. The molecule has 2 aromatic carbocycles. The first-order valence-electron chi connectivity index (χ1n) is 11.9. The van der Waals surface area contributed by atoms with Crippen molar-refractivity contribution < 1.29 is 19.5 Å². The monoisotopic (exact) mass is 476 g/mol. The van der Waals surface area contributed by atoms with E-state index in [2.05, 4.69) is 4.98 Å². The van der Waals surface area contributed by atoms with E-state index < -0.39 is 11.4 Å². The van der Waals surface area contributed by atoms with E-state index >= 15 is 0 Å². The number of nitrogens with two attached hydrogens (primary N) is 1. The average Bonchev–Trinajstić information content (AvgIpc) is 3.17. The van der Waals surface area contributed by atoms with Gasteiger partial charge in [0.2, 0.25) is 11.8 Å². The summed E-state index contributed by atoms with van der Waals surface area (Å²) in [6.45, 7) is 4.92. The summed E-state index contributed by atoms with van der Waals surface area (Å²) >= 11 is 0. The highest BCUT2D eigenvalue weighted by atomic mass is 16.5. The lowest BCUT2D eigenvalue weighted by atomic mass is 9.89. The third-order valence-corrected chi connectivity index (χ3v) is 6.62. The molecule has 8 nitrogen and oxygen atoms in total. The van der Waals surface area contributed by atoms with Crippen molar-refractivity contribution in [2.24, 2.45) is 11.7 Å². The van der Waals surface area contributed by atoms with Gasteiger partial charge in [0.05, 0.1) is 5.52 Å². The van der Waals surface area contributed by atoms with Crippen molar-refractivity contribution in [1.82, 2.24) is 15.4 Å². The molecular formula is C27H32N4O4. The summed E-state index contributed by atoms with van der Waals surface area (Å²) in [6.07, 6.45) is 2.90. The van der Waals surface area contributed by atoms with E-state index in [0.29, 0.717) is 37.3 Å². The van der Waals surface area contributed by atoms with E-state index in [9.17, 15) is 9.59 Å². The molecule has 4 rings (SSSR count). The molecule has 2 unspecified atom stereocenters. The minimum absolute atomic E-state index is 0.0347. The number of hydrogen-bond acceptors (Lipinski definition) is 6. The third-order valence-electron chi connectivity index (χ3n) is 6.62. The SMILES string of the molecule is CC(C)CC(CC(=O)NO)N1CCC(N)(c2ccc(OCc3ccnc4ccccc34)cc2)C1=O. The van der Waals surface area contributed by atoms with E-state index in [1.54, 1.807) is 16.6 Å². The molecule has 2 atom stereocenters. The highest BCUT2D eigenvalue weighted by Crippen LogP contribution is 2.35. The number of fused-ring (bicyclic) bond motifs is 1. The second kappa shape index (κ2) is 10.4. The van der Waals surface area contributed by atoms with E-state index in [-0.39, 0.29) is 24.3 Å². The van der Waals surface area contributed by atoms with Gasteiger partial charge in [0.1, 0.15) is 17.9 Å². The van der Waals surface area contributed by atoms with Gasteiger partial charge in [0.15, 0.2) is 0 Å². The van der Waals surface area contributed by atoms with Crippen LogP contribution in [0.5, 0.6) is 5.75 Å². The fourth-order valence-electron chi connectivity index (χ4n) is 4.79. The standard InChI is InChI=1S/C27H32N4O4/c1-18(2)15-21(16-25(32)30-34)31-14-12-27(28,26(31)33)20-7-9-22(10-8-20)35-17-19-11-13-29-24-6-4-3-5-23(19)24/h3-11,13,18,21,34H,12,14-17,28H2,1-2H3,(H,30,32). The Kier molecular flexibility index (Phi) is 7.33. The summed E-state index contributed by atoms with van der Waals surface area (Å²) in [7, 11) is 0. The molecule has 4 N–H and O–H groups in total. The molecule has 1 fully saturated rings. The van der Waals surface area contributed by atoms with Crippen LogP contribution in [0, 0.1) is 5.92 Å². The quantitative estimate of drug-likeness (QED) is 0.321. The van der Waals surface area contributed by atoms with Crippen LogP contribution in [0.25, 0.3) is 10.9 Å². The number of pyridine rings is 1. The van der Waals surface area contributed by atoms with Crippen molar-refractivity contribution in [3.8, 4) is 5.75 Å². The van der Waals surface area contributed by atoms with E-state index in [0.717, 1.165) is 16.5 Å². The second-order valence-electron chi connectivity index (χ2n) is 9.54. The molecule has 1 aliphatic heterocycles. The van der Waals surface area contributed by atoms with Gasteiger partial charge < -0.3 is 15.4 Å². The zero-order valence-corrected chi connectivity index (χ0v) is 20.1. The minimum Gasteiger partial charge on any atom is -0.489 e. The van der Waals surface area contributed by atoms with Gasteiger partial charge in [-0.2, -0.15) is 0 Å². The average molecular weight is 477 g/mol. The second-order valence-corrected chi connectivity index (χ2v) is 9.54. The van der Waals surface area contributed by atoms with Crippen LogP contribution in [0.2, 0.25) is 0 Å². The van der Waals surface area contributed by atoms with Gasteiger partial charge in [-0.25, -0.2) is 5.48 Å². The number of nitrogens with one attached hydrogen (secondary N) is 1. The largest absolute Gasteiger partial charge is 0.489 e. The molecule has 1 saturated heterocycles. The number of hydroxylamine groups is 1. The number of benzene rings is 2. The Labute approximate surface area is 205 Å². The van der Waals surface area contributed by atoms with Gasteiger partial charge >= 0.3 is 0 Å². The highest BCUT2D eigenvalue weighted by molar-refractivity contribution is 5.90. The Hall–Kier alpha value is -3.49. The molecule has 0 radical (unpaired) electrons. The van der Waals surface area contributed by atoms with Crippen LogP contribution in [-0.2, 0) is 21.7 Å². The third kappa shape index (κ3) is 5.28. The predicted molar refractivity (Wildman–Crippen MR) is 133 cm³/mol. The molecule has 0 saturated carbocycles. The molecule has 8 heteroatoms. The van der Waals surface area contributed by atoms with Crippen molar-refractivity contribution in [2.75, 3.05) is 6.54 Å². The maximum atomic E-state index is 13.4. The summed E-state index contributed by atoms with van der Waals surface area (Å²) in [6, 6.07) is 16.9. The first-order valence-corrected chi connectivity index (χ1v) is 11.9. The number of likely N-dealkylation sites (tertiary alicyclic amines) is 1. The Balaban J connectivity index is 1.46. The Morgan fingerprint density at radius 1 is 1.20 bits per heavy atom. The molecule has 3 aromatic rings. The van der Waals surface area contributed by atoms with Crippen LogP contribution in [-0.4, -0.2) is 39.5 Å². The number of para-hydroxylation sites is 1. The predicted octanol–water partition coefficient (Wildman–Crippen LogP) is 3.51. The summed E-state index contributed by atoms with van der Waals surface area (Å²) in [5, 5.41) is 10.0. The van der Waals surface area contributed by atoms with Crippen LogP contribution in [0.15, 0.2) is 60.8 Å². The van der Waals surface area contributed by atoms with Crippen molar-refractivity contribution >= 4 is 22.7 Å². The number of rotatable bonds is 9. The Bertz CT molecular complexity index is 1190.